The molecule has 1 aliphatic heterocycles. The molecule has 2 N–H and O–H groups in total. The molecule has 1 atom stereocenters. The Morgan fingerprint density at radius 3 is 2.85 bits per heavy atom. The van der Waals surface area contributed by atoms with Crippen molar-refractivity contribution >= 4 is 29.0 Å². The minimum Gasteiger partial charge on any atom is -0.396 e. The number of thiophene rings is 1. The van der Waals surface area contributed by atoms with Crippen LogP contribution in [0.15, 0.2) is 6.07 Å². The van der Waals surface area contributed by atoms with Gasteiger partial charge in [-0.2, -0.15) is 11.8 Å². The molecular weight excluding hydrogens is 290 g/mol. The number of nitrogens with one attached hydrogen (secondary N) is 1. The number of aryl methyl sites for hydroxylation is 1. The molecule has 0 saturated heterocycles. The monoisotopic (exact) mass is 313 g/mol. The van der Waals surface area contributed by atoms with E-state index >= 15 is 0 Å². The summed E-state index contributed by atoms with van der Waals surface area (Å²) >= 11 is 3.56. The lowest BCUT2D eigenvalue weighted by atomic mass is 9.85. The van der Waals surface area contributed by atoms with Gasteiger partial charge in [-0.05, 0) is 35.6 Å². The Bertz CT molecular complexity index is 453. The molecular formula is C15H23NO2S2. The highest BCUT2D eigenvalue weighted by atomic mass is 32.2. The Hall–Kier alpha value is -0.520. The Balaban J connectivity index is 2.08. The minimum atomic E-state index is -0.0505. The summed E-state index contributed by atoms with van der Waals surface area (Å²) < 4.78 is 0. The first kappa shape index (κ1) is 15.9. The molecule has 2 rings (SSSR count). The largest absolute Gasteiger partial charge is 0.396 e. The van der Waals surface area contributed by atoms with Crippen molar-refractivity contribution in [3.05, 3.63) is 21.4 Å². The number of amides is 1. The molecule has 0 aromatic carbocycles. The number of carbonyl (C=O) groups is 1. The molecule has 0 spiro atoms. The standard InChI is InChI=1S/C15H23NO2S2/c1-15(2,3)13(4-6-17)16-14(18)12-8-10-9-19-7-5-11(10)20-12/h8,13,17H,4-7,9H2,1-3H3,(H,16,18). The number of aliphatic hydroxyl groups excluding tert-OH is 1. The molecule has 0 saturated carbocycles. The highest BCUT2D eigenvalue weighted by Gasteiger charge is 2.27. The maximum absolute atomic E-state index is 12.4. The third-order valence-corrected chi connectivity index (χ3v) is 5.86. The van der Waals surface area contributed by atoms with E-state index in [9.17, 15) is 4.79 Å². The first-order valence-electron chi connectivity index (χ1n) is 7.03. The quantitative estimate of drug-likeness (QED) is 0.898. The lowest BCUT2D eigenvalue weighted by Gasteiger charge is -2.30. The molecule has 2 heterocycles. The van der Waals surface area contributed by atoms with E-state index in [0.29, 0.717) is 6.42 Å². The molecule has 0 aliphatic carbocycles. The van der Waals surface area contributed by atoms with E-state index in [-0.39, 0.29) is 24.0 Å². The summed E-state index contributed by atoms with van der Waals surface area (Å²) in [5.41, 5.74) is 1.27. The number of thioether (sulfide) groups is 1. The van der Waals surface area contributed by atoms with Crippen LogP contribution in [0.4, 0.5) is 0 Å². The average molecular weight is 313 g/mol. The lowest BCUT2D eigenvalue weighted by molar-refractivity contribution is 0.0889. The molecule has 0 fully saturated rings. The molecule has 1 unspecified atom stereocenters. The third-order valence-electron chi connectivity index (χ3n) is 3.62. The second kappa shape index (κ2) is 6.50. The molecule has 3 nitrogen and oxygen atoms in total. The van der Waals surface area contributed by atoms with Gasteiger partial charge in [-0.15, -0.1) is 11.3 Å². The Kier molecular flexibility index (Phi) is 5.15. The normalized spacial score (nSPS) is 16.6. The van der Waals surface area contributed by atoms with Gasteiger partial charge in [-0.1, -0.05) is 20.8 Å². The average Bonchev–Trinajstić information content (AvgIpc) is 2.80. The summed E-state index contributed by atoms with van der Waals surface area (Å²) in [5, 5.41) is 12.3. The number of aliphatic hydroxyl groups is 1. The smallest absolute Gasteiger partial charge is 0.261 e. The SMILES string of the molecule is CC(C)(C)C(CCO)NC(=O)c1cc2c(s1)CCSC2. The first-order valence-corrected chi connectivity index (χ1v) is 9.00. The maximum atomic E-state index is 12.4. The van der Waals surface area contributed by atoms with E-state index in [2.05, 4.69) is 26.1 Å². The zero-order valence-corrected chi connectivity index (χ0v) is 14.0. The summed E-state index contributed by atoms with van der Waals surface area (Å²) in [7, 11) is 0. The van der Waals surface area contributed by atoms with Gasteiger partial charge in [-0.25, -0.2) is 0 Å². The van der Waals surface area contributed by atoms with Crippen LogP contribution in [0, 0.1) is 5.41 Å². The number of hydrogen-bond donors (Lipinski definition) is 2. The van der Waals surface area contributed by atoms with Crippen LogP contribution in [-0.4, -0.2) is 29.4 Å². The number of carbonyl (C=O) groups excluding carboxylic acids is 1. The summed E-state index contributed by atoms with van der Waals surface area (Å²) in [4.78, 5) is 14.6. The van der Waals surface area contributed by atoms with Crippen molar-refractivity contribution < 1.29 is 9.90 Å². The van der Waals surface area contributed by atoms with Gasteiger partial charge in [0, 0.05) is 23.3 Å². The van der Waals surface area contributed by atoms with Crippen LogP contribution in [-0.2, 0) is 12.2 Å². The minimum absolute atomic E-state index is 0.00257. The fourth-order valence-electron chi connectivity index (χ4n) is 2.34. The molecule has 0 radical (unpaired) electrons. The van der Waals surface area contributed by atoms with Crippen LogP contribution in [0.5, 0.6) is 0 Å². The van der Waals surface area contributed by atoms with Crippen molar-refractivity contribution in [3.8, 4) is 0 Å². The van der Waals surface area contributed by atoms with Gasteiger partial charge in [0.15, 0.2) is 0 Å². The van der Waals surface area contributed by atoms with Crippen molar-refractivity contribution in [1.82, 2.24) is 5.32 Å². The Morgan fingerprint density at radius 1 is 1.50 bits per heavy atom. The number of hydrogen-bond acceptors (Lipinski definition) is 4. The maximum Gasteiger partial charge on any atom is 0.261 e. The molecule has 1 aromatic heterocycles. The van der Waals surface area contributed by atoms with E-state index in [1.807, 2.05) is 17.8 Å². The van der Waals surface area contributed by atoms with Gasteiger partial charge in [0.05, 0.1) is 4.88 Å². The van der Waals surface area contributed by atoms with Crippen molar-refractivity contribution in [2.75, 3.05) is 12.4 Å². The fourth-order valence-corrected chi connectivity index (χ4v) is 4.61. The lowest BCUT2D eigenvalue weighted by Crippen LogP contribution is -2.44. The topological polar surface area (TPSA) is 49.3 Å². The molecule has 0 bridgehead atoms. The van der Waals surface area contributed by atoms with Crippen LogP contribution in [0.2, 0.25) is 0 Å². The van der Waals surface area contributed by atoms with Crippen LogP contribution in [0.25, 0.3) is 0 Å². The molecule has 112 valence electrons. The van der Waals surface area contributed by atoms with Crippen LogP contribution in [0.1, 0.15) is 47.3 Å². The van der Waals surface area contributed by atoms with Crippen molar-refractivity contribution in [2.24, 2.45) is 5.41 Å². The second-order valence-electron chi connectivity index (χ2n) is 6.27. The van der Waals surface area contributed by atoms with E-state index < -0.39 is 0 Å². The van der Waals surface area contributed by atoms with Crippen molar-refractivity contribution in [1.29, 1.82) is 0 Å². The molecule has 20 heavy (non-hydrogen) atoms. The number of fused-ring (bicyclic) bond motifs is 1. The second-order valence-corrected chi connectivity index (χ2v) is 8.51. The van der Waals surface area contributed by atoms with Crippen molar-refractivity contribution in [2.45, 2.75) is 45.4 Å². The summed E-state index contributed by atoms with van der Waals surface area (Å²) in [6.45, 7) is 6.36. The first-order chi connectivity index (χ1) is 9.41. The Morgan fingerprint density at radius 2 is 2.25 bits per heavy atom. The van der Waals surface area contributed by atoms with Gasteiger partial charge in [0.1, 0.15) is 0 Å². The number of rotatable bonds is 4. The van der Waals surface area contributed by atoms with Gasteiger partial charge >= 0.3 is 0 Å². The van der Waals surface area contributed by atoms with Crippen molar-refractivity contribution in [3.63, 3.8) is 0 Å². The van der Waals surface area contributed by atoms with E-state index in [1.54, 1.807) is 11.3 Å². The zero-order valence-electron chi connectivity index (χ0n) is 12.4. The zero-order chi connectivity index (χ0) is 14.8. The molecule has 1 aliphatic rings. The predicted molar refractivity (Wildman–Crippen MR) is 86.6 cm³/mol. The van der Waals surface area contributed by atoms with E-state index in [0.717, 1.165) is 22.8 Å². The molecule has 1 aromatic rings. The third kappa shape index (κ3) is 3.77. The highest BCUT2D eigenvalue weighted by molar-refractivity contribution is 7.98. The van der Waals surface area contributed by atoms with Crippen LogP contribution in [0.3, 0.4) is 0 Å². The van der Waals surface area contributed by atoms with E-state index in [4.69, 9.17) is 5.11 Å². The van der Waals surface area contributed by atoms with Crippen LogP contribution < -0.4 is 5.32 Å². The van der Waals surface area contributed by atoms with Gasteiger partial charge < -0.3 is 10.4 Å². The van der Waals surface area contributed by atoms with Gasteiger partial charge in [0.25, 0.3) is 5.91 Å². The Labute approximate surface area is 129 Å². The highest BCUT2D eigenvalue weighted by Crippen LogP contribution is 2.32. The molecule has 1 amide bonds. The summed E-state index contributed by atoms with van der Waals surface area (Å²) in [6, 6.07) is 2.04. The predicted octanol–water partition coefficient (Wildman–Crippen LogP) is 3.06. The fraction of sp³-hybridized carbons (Fsp3) is 0.667. The van der Waals surface area contributed by atoms with Gasteiger partial charge in [0.2, 0.25) is 0 Å². The summed E-state index contributed by atoms with van der Waals surface area (Å²) in [6.07, 6.45) is 1.67. The summed E-state index contributed by atoms with van der Waals surface area (Å²) in [5.74, 6) is 2.19. The van der Waals surface area contributed by atoms with E-state index in [1.165, 1.54) is 10.4 Å². The van der Waals surface area contributed by atoms with Gasteiger partial charge in [-0.3, -0.25) is 4.79 Å². The molecule has 5 heteroatoms. The van der Waals surface area contributed by atoms with Crippen LogP contribution >= 0.6 is 23.1 Å².